The molecule has 0 heterocycles. The molecule has 0 aliphatic heterocycles. The van der Waals surface area contributed by atoms with Crippen LogP contribution in [0.1, 0.15) is 20.3 Å². The van der Waals surface area contributed by atoms with E-state index in [9.17, 15) is 0 Å². The predicted molar refractivity (Wildman–Crippen MR) is 128 cm³/mol. The number of hydrogen-bond acceptors (Lipinski definition) is 1. The molecular weight excluding hydrogens is 523 g/mol. The van der Waals surface area contributed by atoms with Crippen LogP contribution in [0.25, 0.3) is 10.8 Å². The molecule has 0 saturated heterocycles. The average molecular weight is 559 g/mol. The minimum Gasteiger partial charge on any atom is -1.00 e. The summed E-state index contributed by atoms with van der Waals surface area (Å²) in [5.74, 6) is 0. The maximum absolute atomic E-state index is 5.93. The van der Waals surface area contributed by atoms with E-state index in [0.29, 0.717) is 0 Å². The molecule has 0 unspecified atom stereocenters. The summed E-state index contributed by atoms with van der Waals surface area (Å²) in [6, 6.07) is 15.9. The van der Waals surface area contributed by atoms with Crippen LogP contribution in [0.15, 0.2) is 59.8 Å². The SMILES string of the molecule is C[C](C)=[Zr+2].C[Si](C)(C)OCC[Si](C)(C)C1=[C-]CC=C1.[Cl-].[Cl-].c1ccc2[cH-]ccc2c1. The number of hydrogen-bond donors (Lipinski definition) is 0. The fourth-order valence-corrected chi connectivity index (χ4v) is 5.64. The Morgan fingerprint density at radius 2 is 1.67 bits per heavy atom. The van der Waals surface area contributed by atoms with E-state index in [1.165, 1.54) is 25.2 Å². The maximum atomic E-state index is 5.93. The Bertz CT molecular complexity index is 771. The van der Waals surface area contributed by atoms with Gasteiger partial charge in [0.1, 0.15) is 0 Å². The summed E-state index contributed by atoms with van der Waals surface area (Å²) in [7, 11) is -2.58. The van der Waals surface area contributed by atoms with Gasteiger partial charge < -0.3 is 29.2 Å². The third kappa shape index (κ3) is 14.2. The Labute approximate surface area is 214 Å². The molecule has 1 aliphatic rings. The van der Waals surface area contributed by atoms with Crippen LogP contribution in [0.3, 0.4) is 0 Å². The van der Waals surface area contributed by atoms with Crippen molar-refractivity contribution in [2.45, 2.75) is 59.0 Å². The van der Waals surface area contributed by atoms with Gasteiger partial charge in [-0.15, -0.1) is 36.1 Å². The molecule has 0 atom stereocenters. The van der Waals surface area contributed by atoms with Crippen molar-refractivity contribution in [2.24, 2.45) is 0 Å². The molecule has 0 spiro atoms. The van der Waals surface area contributed by atoms with E-state index in [1.54, 1.807) is 24.2 Å². The molecule has 0 aromatic heterocycles. The smallest absolute Gasteiger partial charge is 0.183 e. The Kier molecular flexibility index (Phi) is 16.9. The third-order valence-electron chi connectivity index (χ3n) is 4.23. The van der Waals surface area contributed by atoms with Crippen molar-refractivity contribution in [2.75, 3.05) is 6.61 Å². The number of halogens is 2. The molecule has 2 aromatic rings. The molecule has 0 saturated carbocycles. The van der Waals surface area contributed by atoms with Crippen molar-refractivity contribution < 1.29 is 53.5 Å². The van der Waals surface area contributed by atoms with Crippen LogP contribution in [0, 0.1) is 6.08 Å². The fraction of sp³-hybridized carbons (Fsp3) is 0.417. The number of fused-ring (bicyclic) bond motifs is 1. The molecule has 1 aliphatic carbocycles. The zero-order valence-electron chi connectivity index (χ0n) is 19.5. The molecule has 0 bridgehead atoms. The first kappa shape index (κ1) is 32.2. The van der Waals surface area contributed by atoms with Crippen LogP contribution in [0.4, 0.5) is 0 Å². The van der Waals surface area contributed by atoms with Gasteiger partial charge in [-0.05, 0) is 25.7 Å². The second-order valence-electron chi connectivity index (χ2n) is 8.95. The van der Waals surface area contributed by atoms with Crippen LogP contribution >= 0.6 is 0 Å². The summed E-state index contributed by atoms with van der Waals surface area (Å²) in [6.07, 6.45) is 8.96. The topological polar surface area (TPSA) is 9.23 Å². The molecule has 0 N–H and O–H groups in total. The monoisotopic (exact) mass is 556 g/mol. The number of benzene rings is 1. The van der Waals surface area contributed by atoms with Gasteiger partial charge in [0.25, 0.3) is 0 Å². The summed E-state index contributed by atoms with van der Waals surface area (Å²) in [5, 5.41) is 4.15. The molecule has 166 valence electrons. The first-order valence-corrected chi connectivity index (χ1v) is 17.9. The van der Waals surface area contributed by atoms with Crippen LogP contribution in [-0.2, 0) is 28.7 Å². The first-order valence-electron chi connectivity index (χ1n) is 10.1. The van der Waals surface area contributed by atoms with Gasteiger partial charge in [0.05, 0.1) is 0 Å². The van der Waals surface area contributed by atoms with Crippen molar-refractivity contribution in [3.05, 3.63) is 65.9 Å². The van der Waals surface area contributed by atoms with E-state index in [4.69, 9.17) is 4.43 Å². The molecule has 6 heteroatoms. The minimum absolute atomic E-state index is 0. The normalized spacial score (nSPS) is 12.5. The number of allylic oxidation sites excluding steroid dienone is 4. The van der Waals surface area contributed by atoms with Crippen molar-refractivity contribution in [3.63, 3.8) is 0 Å². The Morgan fingerprint density at radius 3 is 2.17 bits per heavy atom. The van der Waals surface area contributed by atoms with E-state index in [1.807, 2.05) is 0 Å². The van der Waals surface area contributed by atoms with Gasteiger partial charge in [0.2, 0.25) is 0 Å². The van der Waals surface area contributed by atoms with E-state index in [-0.39, 0.29) is 24.8 Å². The first-order chi connectivity index (χ1) is 13.0. The summed E-state index contributed by atoms with van der Waals surface area (Å²) < 4.78 is 7.44. The molecule has 0 amide bonds. The van der Waals surface area contributed by atoms with Crippen LogP contribution < -0.4 is 24.8 Å². The Hall–Kier alpha value is 0.0369. The van der Waals surface area contributed by atoms with Gasteiger partial charge in [-0.2, -0.15) is 23.6 Å². The van der Waals surface area contributed by atoms with E-state index in [0.717, 1.165) is 13.0 Å². The van der Waals surface area contributed by atoms with Gasteiger partial charge in [0.15, 0.2) is 8.32 Å². The third-order valence-corrected chi connectivity index (χ3v) is 8.56. The quantitative estimate of drug-likeness (QED) is 0.395. The van der Waals surface area contributed by atoms with Gasteiger partial charge in [-0.1, -0.05) is 19.2 Å². The van der Waals surface area contributed by atoms with E-state index in [2.05, 4.69) is 107 Å². The van der Waals surface area contributed by atoms with Crippen molar-refractivity contribution in [1.82, 2.24) is 0 Å². The fourth-order valence-electron chi connectivity index (χ4n) is 2.69. The summed E-state index contributed by atoms with van der Waals surface area (Å²) >= 11 is 1.55. The second kappa shape index (κ2) is 15.8. The van der Waals surface area contributed by atoms with Crippen LogP contribution in [-0.4, -0.2) is 26.2 Å². The molecule has 2 aromatic carbocycles. The van der Waals surface area contributed by atoms with Gasteiger partial charge in [-0.25, -0.2) is 11.3 Å². The average Bonchev–Trinajstić information content (AvgIpc) is 3.25. The molecule has 1 nitrogen and oxygen atoms in total. The summed E-state index contributed by atoms with van der Waals surface area (Å²) in [6.45, 7) is 16.8. The second-order valence-corrected chi connectivity index (χ2v) is 20.7. The largest absolute Gasteiger partial charge is 1.00 e. The van der Waals surface area contributed by atoms with E-state index < -0.39 is 16.4 Å². The Morgan fingerprint density at radius 1 is 1.07 bits per heavy atom. The molecule has 30 heavy (non-hydrogen) atoms. The molecule has 3 rings (SSSR count). The summed E-state index contributed by atoms with van der Waals surface area (Å²) in [5.41, 5.74) is 0. The summed E-state index contributed by atoms with van der Waals surface area (Å²) in [4.78, 5) is 0. The standard InChI is InChI=1S/C12H23OSi2.C9H7.C3H6.2ClH.Zr/c1-14(2,3)13-10-11-15(4,5)12-8-6-7-9-12;1-2-5-9-7-3-6-8(9)4-1;1-3-2;;;/h6,8H,7,10-11H2,1-5H3;1-7H;1-2H3;2*1H;/q2*-1;;;;+2/p-2. The zero-order valence-corrected chi connectivity index (χ0v) is 25.5. The zero-order chi connectivity index (χ0) is 21.2. The van der Waals surface area contributed by atoms with Crippen molar-refractivity contribution in [3.8, 4) is 0 Å². The minimum atomic E-state index is -1.32. The number of rotatable bonds is 5. The molecule has 0 fully saturated rings. The van der Waals surface area contributed by atoms with Gasteiger partial charge >= 0.3 is 41.3 Å². The molecule has 0 radical (unpaired) electrons. The van der Waals surface area contributed by atoms with Crippen LogP contribution in [0.5, 0.6) is 0 Å². The van der Waals surface area contributed by atoms with Crippen LogP contribution in [0.2, 0.25) is 38.8 Å². The van der Waals surface area contributed by atoms with E-state index >= 15 is 0 Å². The van der Waals surface area contributed by atoms with Crippen molar-refractivity contribution >= 4 is 30.4 Å². The maximum Gasteiger partial charge on any atom is 0.183 e. The van der Waals surface area contributed by atoms with Crippen molar-refractivity contribution in [1.29, 1.82) is 0 Å². The predicted octanol–water partition coefficient (Wildman–Crippen LogP) is 1.09. The van der Waals surface area contributed by atoms with Gasteiger partial charge in [-0.3, -0.25) is 6.08 Å². The van der Waals surface area contributed by atoms with Gasteiger partial charge in [0, 0.05) is 14.7 Å². The molecular formula is C24H36Cl2OSi2Zr-2. The Balaban J connectivity index is 0.